The molecule has 150 valence electrons. The first-order valence-corrected chi connectivity index (χ1v) is 10.1. The molecule has 5 rings (SSSR count). The van der Waals surface area contributed by atoms with E-state index in [4.69, 9.17) is 5.11 Å². The smallest absolute Gasteiger partial charge is 0.328 e. The molecule has 0 aliphatic rings. The molecular formula is C23H14N4O3S. The Bertz CT molecular complexity index is 1500. The molecule has 3 heterocycles. The van der Waals surface area contributed by atoms with Gasteiger partial charge in [-0.05, 0) is 47.5 Å². The van der Waals surface area contributed by atoms with Gasteiger partial charge in [0.05, 0.1) is 11.7 Å². The molecule has 0 unspecified atom stereocenters. The van der Waals surface area contributed by atoms with E-state index in [-0.39, 0.29) is 5.78 Å². The van der Waals surface area contributed by atoms with Crippen LogP contribution in [0.15, 0.2) is 67.0 Å². The van der Waals surface area contributed by atoms with Crippen molar-refractivity contribution >= 4 is 51.6 Å². The summed E-state index contributed by atoms with van der Waals surface area (Å²) in [5.41, 5.74) is 5.59. The fourth-order valence-electron chi connectivity index (χ4n) is 3.42. The van der Waals surface area contributed by atoms with Crippen LogP contribution in [0.5, 0.6) is 0 Å². The Hall–Kier alpha value is -4.17. The number of nitrogens with one attached hydrogen (secondary N) is 1. The highest BCUT2D eigenvalue weighted by molar-refractivity contribution is 7.00. The minimum atomic E-state index is -1.00. The summed E-state index contributed by atoms with van der Waals surface area (Å²) in [6.45, 7) is 0. The number of carboxylic acid groups (broad SMARTS) is 1. The molecule has 0 saturated carbocycles. The molecular weight excluding hydrogens is 412 g/mol. The number of ketones is 1. The second-order valence-electron chi connectivity index (χ2n) is 6.92. The number of fused-ring (bicyclic) bond motifs is 2. The van der Waals surface area contributed by atoms with Gasteiger partial charge in [-0.3, -0.25) is 4.79 Å². The Morgan fingerprint density at radius 3 is 2.74 bits per heavy atom. The van der Waals surface area contributed by atoms with E-state index >= 15 is 0 Å². The third-order valence-corrected chi connectivity index (χ3v) is 5.49. The monoisotopic (exact) mass is 426 g/mol. The lowest BCUT2D eigenvalue weighted by Gasteiger charge is -2.05. The van der Waals surface area contributed by atoms with E-state index < -0.39 is 5.97 Å². The van der Waals surface area contributed by atoms with E-state index in [1.54, 1.807) is 30.6 Å². The summed E-state index contributed by atoms with van der Waals surface area (Å²) < 4.78 is 8.38. The standard InChI is InChI=1S/C23H14N4O3S/c28-21(29)7-4-13-2-1-3-14(8-13)16-9-17-18(12-25-23(17)24-11-16)22(30)15-5-6-19-20(10-15)27-31-26-19/h1-12H,(H,24,25)(H,28,29). The zero-order valence-corrected chi connectivity index (χ0v) is 16.8. The van der Waals surface area contributed by atoms with E-state index in [0.29, 0.717) is 27.7 Å². The summed E-state index contributed by atoms with van der Waals surface area (Å²) >= 11 is 1.11. The summed E-state index contributed by atoms with van der Waals surface area (Å²) in [6.07, 6.45) is 6.02. The normalized spacial score (nSPS) is 11.5. The van der Waals surface area contributed by atoms with Crippen molar-refractivity contribution in [2.45, 2.75) is 0 Å². The van der Waals surface area contributed by atoms with Crippen molar-refractivity contribution in [2.24, 2.45) is 0 Å². The number of benzene rings is 2. The Labute approximate surface area is 180 Å². The molecule has 0 amide bonds. The molecule has 0 saturated heterocycles. The van der Waals surface area contributed by atoms with Crippen LogP contribution in [-0.4, -0.2) is 35.6 Å². The van der Waals surface area contributed by atoms with Gasteiger partial charge in [-0.1, -0.05) is 18.2 Å². The van der Waals surface area contributed by atoms with E-state index in [2.05, 4.69) is 18.7 Å². The molecule has 0 bridgehead atoms. The van der Waals surface area contributed by atoms with Gasteiger partial charge in [0.1, 0.15) is 16.7 Å². The van der Waals surface area contributed by atoms with Crippen molar-refractivity contribution in [2.75, 3.05) is 0 Å². The fourth-order valence-corrected chi connectivity index (χ4v) is 3.93. The highest BCUT2D eigenvalue weighted by Crippen LogP contribution is 2.27. The Kier molecular flexibility index (Phi) is 4.61. The zero-order chi connectivity index (χ0) is 21.4. The highest BCUT2D eigenvalue weighted by Gasteiger charge is 2.17. The van der Waals surface area contributed by atoms with Gasteiger partial charge in [0.15, 0.2) is 5.78 Å². The number of carboxylic acids is 1. The number of aromatic nitrogens is 4. The van der Waals surface area contributed by atoms with Crippen LogP contribution >= 0.6 is 11.7 Å². The molecule has 5 aromatic rings. The van der Waals surface area contributed by atoms with Gasteiger partial charge in [0.2, 0.25) is 0 Å². The van der Waals surface area contributed by atoms with Crippen LogP contribution in [0, 0.1) is 0 Å². The number of carbonyl (C=O) groups is 2. The lowest BCUT2D eigenvalue weighted by Crippen LogP contribution is -2.00. The van der Waals surface area contributed by atoms with Gasteiger partial charge in [-0.2, -0.15) is 8.75 Å². The summed E-state index contributed by atoms with van der Waals surface area (Å²) in [5.74, 6) is -1.13. The number of aromatic amines is 1. The molecule has 7 nitrogen and oxygen atoms in total. The number of rotatable bonds is 5. The number of nitrogens with zero attached hydrogens (tertiary/aromatic N) is 3. The van der Waals surface area contributed by atoms with Crippen LogP contribution in [0.1, 0.15) is 21.5 Å². The Balaban J connectivity index is 1.55. The van der Waals surface area contributed by atoms with Crippen molar-refractivity contribution in [1.82, 2.24) is 18.7 Å². The predicted octanol–water partition coefficient (Wildman–Crippen LogP) is 4.56. The van der Waals surface area contributed by atoms with Crippen LogP contribution in [0.3, 0.4) is 0 Å². The first-order chi connectivity index (χ1) is 15.1. The van der Waals surface area contributed by atoms with Crippen LogP contribution in [0.25, 0.3) is 39.3 Å². The molecule has 8 heteroatoms. The average Bonchev–Trinajstić information content (AvgIpc) is 3.43. The molecule has 0 aliphatic carbocycles. The molecule has 0 spiro atoms. The van der Waals surface area contributed by atoms with E-state index in [9.17, 15) is 9.59 Å². The van der Waals surface area contributed by atoms with Crippen molar-refractivity contribution in [3.63, 3.8) is 0 Å². The van der Waals surface area contributed by atoms with Crippen molar-refractivity contribution < 1.29 is 14.7 Å². The van der Waals surface area contributed by atoms with Gasteiger partial charge in [-0.25, -0.2) is 9.78 Å². The predicted molar refractivity (Wildman–Crippen MR) is 119 cm³/mol. The second kappa shape index (κ2) is 7.58. The van der Waals surface area contributed by atoms with E-state index in [1.807, 2.05) is 30.3 Å². The van der Waals surface area contributed by atoms with Crippen molar-refractivity contribution in [1.29, 1.82) is 0 Å². The number of hydrogen-bond donors (Lipinski definition) is 2. The molecule has 2 aromatic carbocycles. The maximum atomic E-state index is 13.2. The molecule has 3 aromatic heterocycles. The topological polar surface area (TPSA) is 109 Å². The average molecular weight is 426 g/mol. The number of H-pyrrole nitrogens is 1. The van der Waals surface area contributed by atoms with Crippen molar-refractivity contribution in [3.05, 3.63) is 83.7 Å². The Morgan fingerprint density at radius 1 is 1.00 bits per heavy atom. The molecule has 0 radical (unpaired) electrons. The minimum absolute atomic E-state index is 0.127. The largest absolute Gasteiger partial charge is 0.478 e. The second-order valence-corrected chi connectivity index (χ2v) is 7.44. The number of aliphatic carboxylic acids is 1. The molecule has 2 N–H and O–H groups in total. The molecule has 0 fully saturated rings. The van der Waals surface area contributed by atoms with Gasteiger partial charge < -0.3 is 10.1 Å². The summed E-state index contributed by atoms with van der Waals surface area (Å²) in [5, 5.41) is 9.55. The maximum Gasteiger partial charge on any atom is 0.328 e. The summed E-state index contributed by atoms with van der Waals surface area (Å²) in [6, 6.07) is 14.7. The molecule has 0 aliphatic heterocycles. The lowest BCUT2D eigenvalue weighted by atomic mass is 10.00. The number of pyridine rings is 1. The van der Waals surface area contributed by atoms with E-state index in [0.717, 1.165) is 40.0 Å². The first-order valence-electron chi connectivity index (χ1n) is 9.34. The number of carbonyl (C=O) groups excluding carboxylic acids is 1. The summed E-state index contributed by atoms with van der Waals surface area (Å²) in [4.78, 5) is 31.5. The van der Waals surface area contributed by atoms with Crippen molar-refractivity contribution in [3.8, 4) is 11.1 Å². The van der Waals surface area contributed by atoms with Gasteiger partial charge in [-0.15, -0.1) is 0 Å². The third kappa shape index (κ3) is 3.60. The third-order valence-electron chi connectivity index (χ3n) is 4.93. The van der Waals surface area contributed by atoms with Crippen LogP contribution < -0.4 is 0 Å². The SMILES string of the molecule is O=C(O)C=Cc1cccc(-c2cnc3[nH]cc(C(=O)c4ccc5nsnc5c4)c3c2)c1. The fraction of sp³-hybridized carbons (Fsp3) is 0. The Morgan fingerprint density at radius 2 is 1.87 bits per heavy atom. The quantitative estimate of drug-likeness (QED) is 0.315. The first kappa shape index (κ1) is 18.8. The lowest BCUT2D eigenvalue weighted by molar-refractivity contribution is -0.131. The van der Waals surface area contributed by atoms with Gasteiger partial charge in [0, 0.05) is 40.5 Å². The maximum absolute atomic E-state index is 13.2. The minimum Gasteiger partial charge on any atom is -0.478 e. The van der Waals surface area contributed by atoms with Gasteiger partial charge >= 0.3 is 5.97 Å². The van der Waals surface area contributed by atoms with Crippen LogP contribution in [0.4, 0.5) is 0 Å². The van der Waals surface area contributed by atoms with Crippen LogP contribution in [0.2, 0.25) is 0 Å². The van der Waals surface area contributed by atoms with Crippen LogP contribution in [-0.2, 0) is 4.79 Å². The highest BCUT2D eigenvalue weighted by atomic mass is 32.1. The van der Waals surface area contributed by atoms with E-state index in [1.165, 1.54) is 6.08 Å². The zero-order valence-electron chi connectivity index (χ0n) is 15.9. The van der Waals surface area contributed by atoms with Gasteiger partial charge in [0.25, 0.3) is 0 Å². The number of hydrogen-bond acceptors (Lipinski definition) is 6. The molecule has 31 heavy (non-hydrogen) atoms. The molecule has 0 atom stereocenters. The summed E-state index contributed by atoms with van der Waals surface area (Å²) in [7, 11) is 0.